The van der Waals surface area contributed by atoms with Gasteiger partial charge < -0.3 is 10.6 Å². The number of rotatable bonds is 4. The molecule has 1 fully saturated rings. The van der Waals surface area contributed by atoms with Crippen molar-refractivity contribution in [1.82, 2.24) is 20.3 Å². The van der Waals surface area contributed by atoms with E-state index in [0.29, 0.717) is 12.0 Å². The highest BCUT2D eigenvalue weighted by Crippen LogP contribution is 2.22. The highest BCUT2D eigenvalue weighted by molar-refractivity contribution is 5.57. The maximum atomic E-state index is 4.71. The number of nitrogens with one attached hydrogen (secondary N) is 2. The van der Waals surface area contributed by atoms with Crippen LogP contribution in [0.5, 0.6) is 0 Å². The van der Waals surface area contributed by atoms with Gasteiger partial charge >= 0.3 is 0 Å². The molecule has 1 aliphatic heterocycles. The van der Waals surface area contributed by atoms with Crippen LogP contribution < -0.4 is 10.6 Å². The second-order valence-corrected chi connectivity index (χ2v) is 6.06. The summed E-state index contributed by atoms with van der Waals surface area (Å²) in [4.78, 5) is 13.5. The molecule has 0 amide bonds. The first-order chi connectivity index (χ1) is 10.7. The van der Waals surface area contributed by atoms with Crippen molar-refractivity contribution in [2.24, 2.45) is 0 Å². The highest BCUT2D eigenvalue weighted by Gasteiger charge is 2.15. The molecule has 1 saturated heterocycles. The molecule has 2 aromatic rings. The van der Waals surface area contributed by atoms with E-state index < -0.39 is 0 Å². The number of aromatic nitrogens is 3. The zero-order valence-corrected chi connectivity index (χ0v) is 13.2. The molecule has 0 bridgehead atoms. The first-order valence-electron chi connectivity index (χ1n) is 7.99. The Morgan fingerprint density at radius 3 is 2.55 bits per heavy atom. The Morgan fingerprint density at radius 1 is 1.14 bits per heavy atom. The molecule has 116 valence electrons. The molecule has 3 rings (SSSR count). The van der Waals surface area contributed by atoms with Gasteiger partial charge in [-0.3, -0.25) is 4.98 Å². The molecule has 22 heavy (non-hydrogen) atoms. The van der Waals surface area contributed by atoms with Crippen LogP contribution in [-0.2, 0) is 0 Å². The molecule has 0 spiro atoms. The van der Waals surface area contributed by atoms with Gasteiger partial charge in [-0.05, 0) is 44.0 Å². The minimum atomic E-state index is 0.372. The monoisotopic (exact) mass is 297 g/mol. The maximum absolute atomic E-state index is 4.71. The van der Waals surface area contributed by atoms with Crippen LogP contribution in [0.2, 0.25) is 0 Å². The van der Waals surface area contributed by atoms with Crippen LogP contribution in [0.1, 0.15) is 38.3 Å². The predicted octanol–water partition coefficient (Wildman–Crippen LogP) is 2.83. The minimum absolute atomic E-state index is 0.372. The van der Waals surface area contributed by atoms with Crippen LogP contribution in [0.25, 0.3) is 11.4 Å². The predicted molar refractivity (Wildman–Crippen MR) is 88.9 cm³/mol. The third-order valence-electron chi connectivity index (χ3n) is 3.97. The number of pyridine rings is 1. The van der Waals surface area contributed by atoms with Gasteiger partial charge in [0.1, 0.15) is 5.82 Å². The Kier molecular flexibility index (Phi) is 4.63. The fraction of sp³-hybridized carbons (Fsp3) is 0.471. The Morgan fingerprint density at radius 2 is 1.86 bits per heavy atom. The van der Waals surface area contributed by atoms with E-state index in [2.05, 4.69) is 35.5 Å². The van der Waals surface area contributed by atoms with Crippen LogP contribution in [0.15, 0.2) is 30.6 Å². The first-order valence-corrected chi connectivity index (χ1v) is 7.99. The van der Waals surface area contributed by atoms with Crippen LogP contribution in [0, 0.1) is 0 Å². The standard InChI is InChI=1S/C17H23N5/c1-12(2)15-11-16(20-14-5-9-19-10-6-14)22-17(21-15)13-3-7-18-8-4-13/h3-4,7-8,11-12,14,19H,5-6,9-10H2,1-2H3,(H,20,21,22). The van der Waals surface area contributed by atoms with Crippen molar-refractivity contribution in [1.29, 1.82) is 0 Å². The summed E-state index contributed by atoms with van der Waals surface area (Å²) < 4.78 is 0. The summed E-state index contributed by atoms with van der Waals surface area (Å²) in [6, 6.07) is 6.47. The van der Waals surface area contributed by atoms with Gasteiger partial charge in [-0.25, -0.2) is 9.97 Å². The van der Waals surface area contributed by atoms with E-state index in [9.17, 15) is 0 Å². The maximum Gasteiger partial charge on any atom is 0.161 e. The van der Waals surface area contributed by atoms with Crippen molar-refractivity contribution >= 4 is 5.82 Å². The molecule has 3 heterocycles. The van der Waals surface area contributed by atoms with Crippen molar-refractivity contribution in [3.63, 3.8) is 0 Å². The molecule has 0 aliphatic carbocycles. The molecule has 2 N–H and O–H groups in total. The average molecular weight is 297 g/mol. The van der Waals surface area contributed by atoms with Gasteiger partial charge in [0.25, 0.3) is 0 Å². The van der Waals surface area contributed by atoms with Crippen molar-refractivity contribution in [3.05, 3.63) is 36.3 Å². The molecular formula is C17H23N5. The minimum Gasteiger partial charge on any atom is -0.367 e. The lowest BCUT2D eigenvalue weighted by Crippen LogP contribution is -2.35. The summed E-state index contributed by atoms with van der Waals surface area (Å²) in [5, 5.41) is 6.97. The lowest BCUT2D eigenvalue weighted by Gasteiger charge is -2.24. The summed E-state index contributed by atoms with van der Waals surface area (Å²) in [5.41, 5.74) is 2.07. The Labute approximate surface area is 131 Å². The van der Waals surface area contributed by atoms with Gasteiger partial charge in [-0.15, -0.1) is 0 Å². The summed E-state index contributed by atoms with van der Waals surface area (Å²) in [6.45, 7) is 6.45. The zero-order chi connectivity index (χ0) is 15.4. The van der Waals surface area contributed by atoms with E-state index in [0.717, 1.165) is 48.8 Å². The number of nitrogens with zero attached hydrogens (tertiary/aromatic N) is 3. The lowest BCUT2D eigenvalue weighted by molar-refractivity contribution is 0.478. The van der Waals surface area contributed by atoms with Gasteiger partial charge in [-0.1, -0.05) is 13.8 Å². The molecular weight excluding hydrogens is 274 g/mol. The number of hydrogen-bond acceptors (Lipinski definition) is 5. The fourth-order valence-electron chi connectivity index (χ4n) is 2.64. The van der Waals surface area contributed by atoms with Gasteiger partial charge in [0, 0.05) is 35.8 Å². The van der Waals surface area contributed by atoms with Gasteiger partial charge in [-0.2, -0.15) is 0 Å². The molecule has 5 nitrogen and oxygen atoms in total. The topological polar surface area (TPSA) is 62.7 Å². The summed E-state index contributed by atoms with van der Waals surface area (Å²) in [7, 11) is 0. The summed E-state index contributed by atoms with van der Waals surface area (Å²) in [6.07, 6.45) is 5.82. The molecule has 5 heteroatoms. The van der Waals surface area contributed by atoms with Crippen LogP contribution >= 0.6 is 0 Å². The van der Waals surface area contributed by atoms with Crippen molar-refractivity contribution < 1.29 is 0 Å². The third-order valence-corrected chi connectivity index (χ3v) is 3.97. The van der Waals surface area contributed by atoms with Gasteiger partial charge in [0.05, 0.1) is 0 Å². The van der Waals surface area contributed by atoms with E-state index in [-0.39, 0.29) is 0 Å². The van der Waals surface area contributed by atoms with Gasteiger partial charge in [0.15, 0.2) is 5.82 Å². The Bertz CT molecular complexity index is 606. The van der Waals surface area contributed by atoms with E-state index in [1.165, 1.54) is 0 Å². The molecule has 0 radical (unpaired) electrons. The van der Waals surface area contributed by atoms with Crippen LogP contribution in [0.4, 0.5) is 5.82 Å². The SMILES string of the molecule is CC(C)c1cc(NC2CCNCC2)nc(-c2ccncc2)n1. The molecule has 0 unspecified atom stereocenters. The summed E-state index contributed by atoms with van der Waals surface area (Å²) in [5.74, 6) is 2.07. The Balaban J connectivity index is 1.90. The number of hydrogen-bond donors (Lipinski definition) is 2. The van der Waals surface area contributed by atoms with Crippen molar-refractivity contribution in [2.45, 2.75) is 38.6 Å². The van der Waals surface area contributed by atoms with E-state index in [1.54, 1.807) is 12.4 Å². The van der Waals surface area contributed by atoms with E-state index in [4.69, 9.17) is 9.97 Å². The quantitative estimate of drug-likeness (QED) is 0.908. The number of anilines is 1. The third kappa shape index (κ3) is 3.60. The van der Waals surface area contributed by atoms with Crippen LogP contribution in [0.3, 0.4) is 0 Å². The highest BCUT2D eigenvalue weighted by atomic mass is 15.1. The van der Waals surface area contributed by atoms with E-state index >= 15 is 0 Å². The van der Waals surface area contributed by atoms with E-state index in [1.807, 2.05) is 12.1 Å². The number of piperidine rings is 1. The molecule has 1 aliphatic rings. The van der Waals surface area contributed by atoms with Crippen LogP contribution in [-0.4, -0.2) is 34.1 Å². The van der Waals surface area contributed by atoms with Gasteiger partial charge in [0.2, 0.25) is 0 Å². The normalized spacial score (nSPS) is 16.0. The molecule has 2 aromatic heterocycles. The second-order valence-electron chi connectivity index (χ2n) is 6.06. The van der Waals surface area contributed by atoms with Crippen molar-refractivity contribution in [2.75, 3.05) is 18.4 Å². The molecule has 0 saturated carbocycles. The molecule has 0 aromatic carbocycles. The average Bonchev–Trinajstić information content (AvgIpc) is 2.56. The largest absolute Gasteiger partial charge is 0.367 e. The Hall–Kier alpha value is -2.01. The molecule has 0 atom stereocenters. The second kappa shape index (κ2) is 6.83. The smallest absolute Gasteiger partial charge is 0.161 e. The zero-order valence-electron chi connectivity index (χ0n) is 13.2. The first kappa shape index (κ1) is 14.9. The summed E-state index contributed by atoms with van der Waals surface area (Å²) >= 11 is 0. The van der Waals surface area contributed by atoms with Crippen molar-refractivity contribution in [3.8, 4) is 11.4 Å². The fourth-order valence-corrected chi connectivity index (χ4v) is 2.64. The lowest BCUT2D eigenvalue weighted by atomic mass is 10.1.